The first kappa shape index (κ1) is 18.3. The normalized spacial score (nSPS) is 20.5. The molecule has 26 heavy (non-hydrogen) atoms. The van der Waals surface area contributed by atoms with Crippen LogP contribution in [0.4, 0.5) is 5.13 Å². The number of carbonyl (C=O) groups is 2. The summed E-state index contributed by atoms with van der Waals surface area (Å²) in [6.45, 7) is 8.24. The number of piperazine rings is 1. The van der Waals surface area contributed by atoms with Gasteiger partial charge in [-0.2, -0.15) is 0 Å². The van der Waals surface area contributed by atoms with Crippen molar-refractivity contribution in [3.05, 3.63) is 22.4 Å². The van der Waals surface area contributed by atoms with E-state index < -0.39 is 0 Å². The zero-order valence-corrected chi connectivity index (χ0v) is 16.0. The van der Waals surface area contributed by atoms with E-state index in [1.54, 1.807) is 23.6 Å². The van der Waals surface area contributed by atoms with Gasteiger partial charge in [0.1, 0.15) is 5.01 Å². The maximum atomic E-state index is 12.8. The van der Waals surface area contributed by atoms with E-state index in [9.17, 15) is 9.59 Å². The van der Waals surface area contributed by atoms with Crippen LogP contribution < -0.4 is 5.73 Å². The lowest BCUT2D eigenvalue weighted by atomic mass is 10.0. The molecule has 2 aromatic rings. The predicted octanol–water partition coefficient (Wildman–Crippen LogP) is 1.03. The van der Waals surface area contributed by atoms with Crippen LogP contribution in [0.2, 0.25) is 0 Å². The Hall–Kier alpha value is -2.49. The number of rotatable bonds is 3. The molecule has 0 unspecified atom stereocenters. The van der Waals surface area contributed by atoms with Crippen LogP contribution in [0.5, 0.6) is 0 Å². The molecule has 0 aromatic carbocycles. The molecule has 0 radical (unpaired) electrons. The van der Waals surface area contributed by atoms with Gasteiger partial charge in [-0.25, -0.2) is 4.98 Å². The minimum atomic E-state index is -0.188. The Bertz CT molecular complexity index is 832. The van der Waals surface area contributed by atoms with Gasteiger partial charge >= 0.3 is 0 Å². The van der Waals surface area contributed by atoms with Crippen LogP contribution in [0.15, 0.2) is 4.42 Å². The van der Waals surface area contributed by atoms with Crippen molar-refractivity contribution in [2.75, 3.05) is 18.8 Å². The van der Waals surface area contributed by atoms with E-state index in [4.69, 9.17) is 10.2 Å². The summed E-state index contributed by atoms with van der Waals surface area (Å²) >= 11 is 1.21. The number of hydrogen-bond acceptors (Lipinski definition) is 8. The summed E-state index contributed by atoms with van der Waals surface area (Å²) in [6, 6.07) is -0.278. The van der Waals surface area contributed by atoms with E-state index in [1.807, 2.05) is 13.8 Å². The number of amides is 2. The molecule has 3 rings (SSSR count). The van der Waals surface area contributed by atoms with Crippen LogP contribution in [-0.4, -0.2) is 62.0 Å². The molecule has 0 aliphatic carbocycles. The Morgan fingerprint density at radius 1 is 1.19 bits per heavy atom. The molecule has 1 saturated heterocycles. The Balaban J connectivity index is 1.70. The van der Waals surface area contributed by atoms with Crippen molar-refractivity contribution in [3.63, 3.8) is 0 Å². The molecule has 140 valence electrons. The molecule has 2 atom stereocenters. The Labute approximate surface area is 155 Å². The summed E-state index contributed by atoms with van der Waals surface area (Å²) in [5.41, 5.74) is 6.15. The zero-order valence-electron chi connectivity index (χ0n) is 15.2. The average Bonchev–Trinajstić information content (AvgIpc) is 3.13. The highest BCUT2D eigenvalue weighted by Gasteiger charge is 2.37. The van der Waals surface area contributed by atoms with Crippen molar-refractivity contribution in [2.45, 2.75) is 46.2 Å². The van der Waals surface area contributed by atoms with Gasteiger partial charge in [-0.3, -0.25) is 9.59 Å². The number of aromatic nitrogens is 3. The van der Waals surface area contributed by atoms with Gasteiger partial charge in [0.15, 0.2) is 5.89 Å². The Morgan fingerprint density at radius 2 is 1.85 bits per heavy atom. The quantitative estimate of drug-likeness (QED) is 0.847. The summed E-state index contributed by atoms with van der Waals surface area (Å²) in [5.74, 6) is 0.507. The molecule has 0 bridgehead atoms. The highest BCUT2D eigenvalue weighted by molar-refractivity contribution is 7.15. The average molecular weight is 378 g/mol. The molecule has 1 aliphatic rings. The van der Waals surface area contributed by atoms with Gasteiger partial charge < -0.3 is 20.0 Å². The second-order valence-corrected chi connectivity index (χ2v) is 7.52. The first-order chi connectivity index (χ1) is 12.3. The zero-order chi connectivity index (χ0) is 19.0. The third kappa shape index (κ3) is 3.41. The van der Waals surface area contributed by atoms with Gasteiger partial charge in [-0.15, -0.1) is 10.2 Å². The molecule has 2 amide bonds. The number of nitrogens with zero attached hydrogens (tertiary/aromatic N) is 5. The molecule has 0 spiro atoms. The maximum Gasteiger partial charge on any atom is 0.291 e. The fraction of sp³-hybridized carbons (Fsp3) is 0.562. The summed E-state index contributed by atoms with van der Waals surface area (Å²) < 4.78 is 5.46. The second kappa shape index (κ2) is 7.02. The van der Waals surface area contributed by atoms with Crippen molar-refractivity contribution >= 4 is 28.3 Å². The molecule has 3 heterocycles. The summed E-state index contributed by atoms with van der Waals surface area (Å²) in [5, 5.41) is 8.58. The van der Waals surface area contributed by atoms with Gasteiger partial charge in [0.05, 0.1) is 12.1 Å². The lowest BCUT2D eigenvalue weighted by Gasteiger charge is -2.44. The minimum Gasteiger partial charge on any atom is -0.436 e. The predicted molar refractivity (Wildman–Crippen MR) is 95.7 cm³/mol. The third-order valence-electron chi connectivity index (χ3n) is 4.73. The number of oxazole rings is 1. The van der Waals surface area contributed by atoms with Crippen molar-refractivity contribution in [1.29, 1.82) is 0 Å². The maximum absolute atomic E-state index is 12.8. The minimum absolute atomic E-state index is 0.0423. The number of hydrogen-bond donors (Lipinski definition) is 1. The highest BCUT2D eigenvalue weighted by atomic mass is 32.1. The fourth-order valence-corrected chi connectivity index (χ4v) is 3.81. The molecule has 9 nitrogen and oxygen atoms in total. The van der Waals surface area contributed by atoms with Gasteiger partial charge in [0, 0.05) is 32.1 Å². The van der Waals surface area contributed by atoms with Gasteiger partial charge in [-0.05, 0) is 20.8 Å². The van der Waals surface area contributed by atoms with Gasteiger partial charge in [0.25, 0.3) is 5.91 Å². The lowest BCUT2D eigenvalue weighted by molar-refractivity contribution is -0.136. The SMILES string of the molecule is Cc1nc(C)c(C(=O)N2CCN(C(=O)Cc3nnc(N)s3)[C@H](C)[C@H]2C)o1. The second-order valence-electron chi connectivity index (χ2n) is 6.43. The highest BCUT2D eigenvalue weighted by Crippen LogP contribution is 2.23. The fourth-order valence-electron chi connectivity index (χ4n) is 3.21. The van der Waals surface area contributed by atoms with Crippen LogP contribution in [0.25, 0.3) is 0 Å². The van der Waals surface area contributed by atoms with E-state index in [0.29, 0.717) is 34.8 Å². The summed E-state index contributed by atoms with van der Waals surface area (Å²) in [7, 11) is 0. The van der Waals surface area contributed by atoms with Crippen molar-refractivity contribution in [2.24, 2.45) is 0 Å². The molecule has 2 aromatic heterocycles. The van der Waals surface area contributed by atoms with Gasteiger partial charge in [-0.1, -0.05) is 11.3 Å². The van der Waals surface area contributed by atoms with E-state index in [0.717, 1.165) is 0 Å². The Kier molecular flexibility index (Phi) is 4.94. The van der Waals surface area contributed by atoms with E-state index in [2.05, 4.69) is 15.2 Å². The third-order valence-corrected chi connectivity index (χ3v) is 5.48. The topological polar surface area (TPSA) is 118 Å². The molecule has 1 aliphatic heterocycles. The van der Waals surface area contributed by atoms with Crippen LogP contribution >= 0.6 is 11.3 Å². The number of carbonyl (C=O) groups excluding carboxylic acids is 2. The van der Waals surface area contributed by atoms with Crippen LogP contribution in [-0.2, 0) is 11.2 Å². The number of nitrogen functional groups attached to an aromatic ring is 1. The number of anilines is 1. The monoisotopic (exact) mass is 378 g/mol. The molecule has 2 N–H and O–H groups in total. The van der Waals surface area contributed by atoms with E-state index in [1.165, 1.54) is 11.3 Å². The molecule has 1 fully saturated rings. The summed E-state index contributed by atoms with van der Waals surface area (Å²) in [6.07, 6.45) is 0.167. The first-order valence-corrected chi connectivity index (χ1v) is 9.22. The Morgan fingerprint density at radius 3 is 2.42 bits per heavy atom. The lowest BCUT2D eigenvalue weighted by Crippen LogP contribution is -2.60. The molecular formula is C16H22N6O3S. The number of nitrogens with two attached hydrogens (primary N) is 1. The molecule has 0 saturated carbocycles. The van der Waals surface area contributed by atoms with Crippen molar-refractivity contribution in [1.82, 2.24) is 25.0 Å². The smallest absolute Gasteiger partial charge is 0.291 e. The molecule has 10 heteroatoms. The standard InChI is InChI=1S/C16H22N6O3S/c1-8-14(25-11(4)18-8)15(24)22-6-5-21(9(2)10(22)3)13(23)7-12-19-20-16(17)26-12/h9-10H,5-7H2,1-4H3,(H2,17,20)/t9-,10-/m1/s1. The van der Waals surface area contributed by atoms with Crippen LogP contribution in [0.3, 0.4) is 0 Å². The summed E-state index contributed by atoms with van der Waals surface area (Å²) in [4.78, 5) is 33.1. The number of aryl methyl sites for hydroxylation is 2. The van der Waals surface area contributed by atoms with Crippen LogP contribution in [0, 0.1) is 13.8 Å². The first-order valence-electron chi connectivity index (χ1n) is 8.40. The largest absolute Gasteiger partial charge is 0.436 e. The van der Waals surface area contributed by atoms with Gasteiger partial charge in [0.2, 0.25) is 16.8 Å². The molecular weight excluding hydrogens is 356 g/mol. The van der Waals surface area contributed by atoms with E-state index >= 15 is 0 Å². The van der Waals surface area contributed by atoms with Crippen LogP contribution in [0.1, 0.15) is 41.0 Å². The van der Waals surface area contributed by atoms with E-state index in [-0.39, 0.29) is 36.1 Å². The van der Waals surface area contributed by atoms with Crippen molar-refractivity contribution in [3.8, 4) is 0 Å². The van der Waals surface area contributed by atoms with Crippen molar-refractivity contribution < 1.29 is 14.0 Å².